The van der Waals surface area contributed by atoms with E-state index in [2.05, 4.69) is 37.3 Å². The van der Waals surface area contributed by atoms with Crippen molar-refractivity contribution >= 4 is 27.9 Å². The van der Waals surface area contributed by atoms with Crippen molar-refractivity contribution in [1.82, 2.24) is 0 Å². The van der Waals surface area contributed by atoms with E-state index in [1.54, 1.807) is 11.3 Å². The summed E-state index contributed by atoms with van der Waals surface area (Å²) in [7, 11) is 0. The quantitative estimate of drug-likeness (QED) is 0.622. The van der Waals surface area contributed by atoms with Gasteiger partial charge in [0.05, 0.1) is 4.88 Å². The Labute approximate surface area is 122 Å². The number of thiophene rings is 1. The number of hydrogen-bond acceptors (Lipinski definition) is 2. The lowest BCUT2D eigenvalue weighted by Gasteiger charge is -2.05. The van der Waals surface area contributed by atoms with E-state index in [1.807, 2.05) is 24.3 Å². The number of benzene rings is 2. The second-order valence-corrected chi connectivity index (χ2v) is 6.03. The monoisotopic (exact) mass is 280 g/mol. The van der Waals surface area contributed by atoms with Gasteiger partial charge in [-0.1, -0.05) is 49.4 Å². The van der Waals surface area contributed by atoms with Gasteiger partial charge in [0.15, 0.2) is 5.78 Å². The van der Waals surface area contributed by atoms with E-state index in [9.17, 15) is 4.79 Å². The first-order valence-electron chi connectivity index (χ1n) is 6.86. The minimum absolute atomic E-state index is 0.214. The number of Topliss-reactive ketones (excluding diaryl/α,β-unsaturated/α-hetero) is 1. The van der Waals surface area contributed by atoms with Crippen LogP contribution in [0.25, 0.3) is 10.8 Å². The van der Waals surface area contributed by atoms with Gasteiger partial charge in [0.1, 0.15) is 0 Å². The van der Waals surface area contributed by atoms with Crippen LogP contribution in [0.15, 0.2) is 54.6 Å². The van der Waals surface area contributed by atoms with Crippen LogP contribution in [0.5, 0.6) is 0 Å². The molecular weight excluding hydrogens is 264 g/mol. The Hall–Kier alpha value is -1.93. The van der Waals surface area contributed by atoms with E-state index >= 15 is 0 Å². The predicted molar refractivity (Wildman–Crippen MR) is 85.7 cm³/mol. The van der Waals surface area contributed by atoms with E-state index in [0.29, 0.717) is 6.42 Å². The highest BCUT2D eigenvalue weighted by atomic mass is 32.1. The first kappa shape index (κ1) is 13.1. The average Bonchev–Trinajstić information content (AvgIpc) is 2.97. The van der Waals surface area contributed by atoms with Gasteiger partial charge in [-0.3, -0.25) is 4.79 Å². The molecule has 2 aromatic carbocycles. The van der Waals surface area contributed by atoms with Crippen molar-refractivity contribution in [3.63, 3.8) is 0 Å². The van der Waals surface area contributed by atoms with Crippen LogP contribution in [0.3, 0.4) is 0 Å². The zero-order valence-electron chi connectivity index (χ0n) is 11.4. The van der Waals surface area contributed by atoms with E-state index in [0.717, 1.165) is 16.9 Å². The zero-order chi connectivity index (χ0) is 13.9. The number of ketones is 1. The summed E-state index contributed by atoms with van der Waals surface area (Å²) in [5, 5.41) is 2.37. The summed E-state index contributed by atoms with van der Waals surface area (Å²) in [6.07, 6.45) is 1.47. The number of aryl methyl sites for hydroxylation is 1. The Kier molecular flexibility index (Phi) is 3.66. The molecule has 0 N–H and O–H groups in total. The molecule has 0 fully saturated rings. The fourth-order valence-corrected chi connectivity index (χ4v) is 3.31. The third-order valence-corrected chi connectivity index (χ3v) is 4.79. The molecule has 100 valence electrons. The highest BCUT2D eigenvalue weighted by molar-refractivity contribution is 7.14. The van der Waals surface area contributed by atoms with Crippen molar-refractivity contribution in [2.75, 3.05) is 0 Å². The maximum Gasteiger partial charge on any atom is 0.177 e. The molecule has 0 atom stereocenters. The average molecular weight is 280 g/mol. The molecule has 2 heteroatoms. The second kappa shape index (κ2) is 5.59. The van der Waals surface area contributed by atoms with Crippen molar-refractivity contribution in [3.8, 4) is 0 Å². The third-order valence-electron chi connectivity index (χ3n) is 3.52. The van der Waals surface area contributed by atoms with Crippen molar-refractivity contribution < 1.29 is 4.79 Å². The molecule has 0 amide bonds. The number of rotatable bonds is 4. The summed E-state index contributed by atoms with van der Waals surface area (Å²) in [5.41, 5.74) is 1.11. The van der Waals surface area contributed by atoms with Crippen LogP contribution >= 0.6 is 11.3 Å². The topological polar surface area (TPSA) is 17.1 Å². The summed E-state index contributed by atoms with van der Waals surface area (Å²) in [6, 6.07) is 18.4. The molecule has 0 saturated carbocycles. The summed E-state index contributed by atoms with van der Waals surface area (Å²) < 4.78 is 0. The molecule has 3 rings (SSSR count). The van der Waals surface area contributed by atoms with Crippen LogP contribution in [0.2, 0.25) is 0 Å². The lowest BCUT2D eigenvalue weighted by molar-refractivity contribution is 0.0997. The first-order valence-corrected chi connectivity index (χ1v) is 7.68. The smallest absolute Gasteiger partial charge is 0.177 e. The molecular formula is C18H16OS. The molecule has 1 heterocycles. The molecule has 0 bridgehead atoms. The number of hydrogen-bond donors (Lipinski definition) is 0. The Bertz CT molecular complexity index is 749. The van der Waals surface area contributed by atoms with Gasteiger partial charge < -0.3 is 0 Å². The Morgan fingerprint density at radius 2 is 1.80 bits per heavy atom. The lowest BCUT2D eigenvalue weighted by atomic mass is 10.00. The number of carbonyl (C=O) groups excluding carboxylic acids is 1. The molecule has 0 aliphatic rings. The SMILES string of the molecule is CCc1ccc(C(=O)Cc2cccc3ccccc23)s1. The molecule has 3 aromatic rings. The molecule has 0 spiro atoms. The lowest BCUT2D eigenvalue weighted by Crippen LogP contribution is -2.01. The third kappa shape index (κ3) is 2.52. The highest BCUT2D eigenvalue weighted by Crippen LogP contribution is 2.23. The minimum Gasteiger partial charge on any atom is -0.293 e. The van der Waals surface area contributed by atoms with Gasteiger partial charge in [0.25, 0.3) is 0 Å². The van der Waals surface area contributed by atoms with Gasteiger partial charge in [-0.05, 0) is 34.9 Å². The minimum atomic E-state index is 0.214. The van der Waals surface area contributed by atoms with Crippen LogP contribution in [0, 0.1) is 0 Å². The maximum atomic E-state index is 12.4. The fraction of sp³-hybridized carbons (Fsp3) is 0.167. The summed E-state index contributed by atoms with van der Waals surface area (Å²) in [5.74, 6) is 0.214. The fourth-order valence-electron chi connectivity index (χ4n) is 2.42. The molecule has 20 heavy (non-hydrogen) atoms. The Morgan fingerprint density at radius 1 is 1.00 bits per heavy atom. The Morgan fingerprint density at radius 3 is 2.60 bits per heavy atom. The van der Waals surface area contributed by atoms with Crippen LogP contribution in [0.1, 0.15) is 27.0 Å². The summed E-state index contributed by atoms with van der Waals surface area (Å²) in [6.45, 7) is 2.12. The van der Waals surface area contributed by atoms with Crippen molar-refractivity contribution in [1.29, 1.82) is 0 Å². The largest absolute Gasteiger partial charge is 0.293 e. The molecule has 0 aliphatic carbocycles. The van der Waals surface area contributed by atoms with Crippen molar-refractivity contribution in [2.45, 2.75) is 19.8 Å². The van der Waals surface area contributed by atoms with Gasteiger partial charge in [0.2, 0.25) is 0 Å². The normalized spacial score (nSPS) is 10.8. The van der Waals surface area contributed by atoms with Gasteiger partial charge in [-0.2, -0.15) is 0 Å². The summed E-state index contributed by atoms with van der Waals surface area (Å²) in [4.78, 5) is 14.5. The van der Waals surface area contributed by atoms with Gasteiger partial charge >= 0.3 is 0 Å². The molecule has 0 radical (unpaired) electrons. The van der Waals surface area contributed by atoms with Gasteiger partial charge in [-0.25, -0.2) is 0 Å². The maximum absolute atomic E-state index is 12.4. The van der Waals surface area contributed by atoms with E-state index in [4.69, 9.17) is 0 Å². The van der Waals surface area contributed by atoms with Crippen LogP contribution in [0.4, 0.5) is 0 Å². The summed E-state index contributed by atoms with van der Waals surface area (Å²) >= 11 is 1.62. The standard InChI is InChI=1S/C18H16OS/c1-2-15-10-11-18(20-15)17(19)12-14-8-5-7-13-6-3-4-9-16(13)14/h3-11H,2,12H2,1H3. The second-order valence-electron chi connectivity index (χ2n) is 4.86. The van der Waals surface area contributed by atoms with Crippen molar-refractivity contribution in [3.05, 3.63) is 69.9 Å². The highest BCUT2D eigenvalue weighted by Gasteiger charge is 2.11. The van der Waals surface area contributed by atoms with Crippen LogP contribution < -0.4 is 0 Å². The molecule has 1 aromatic heterocycles. The van der Waals surface area contributed by atoms with Gasteiger partial charge in [-0.15, -0.1) is 11.3 Å². The van der Waals surface area contributed by atoms with E-state index < -0.39 is 0 Å². The Balaban J connectivity index is 1.91. The van der Waals surface area contributed by atoms with Gasteiger partial charge in [0, 0.05) is 11.3 Å². The number of carbonyl (C=O) groups is 1. The molecule has 1 nitrogen and oxygen atoms in total. The van der Waals surface area contributed by atoms with Crippen LogP contribution in [-0.2, 0) is 12.8 Å². The van der Waals surface area contributed by atoms with E-state index in [1.165, 1.54) is 15.6 Å². The molecule has 0 aliphatic heterocycles. The molecule has 0 saturated heterocycles. The zero-order valence-corrected chi connectivity index (χ0v) is 12.2. The number of fused-ring (bicyclic) bond motifs is 1. The first-order chi connectivity index (χ1) is 9.78. The van der Waals surface area contributed by atoms with E-state index in [-0.39, 0.29) is 5.78 Å². The van der Waals surface area contributed by atoms with Crippen molar-refractivity contribution in [2.24, 2.45) is 0 Å². The predicted octanol–water partition coefficient (Wildman–Crippen LogP) is 4.89. The van der Waals surface area contributed by atoms with Crippen LogP contribution in [-0.4, -0.2) is 5.78 Å². The molecule has 0 unspecified atom stereocenters.